The first-order chi connectivity index (χ1) is 9.79. The molecule has 0 bridgehead atoms. The first-order valence-corrected chi connectivity index (χ1v) is 8.96. The first kappa shape index (κ1) is 16.2. The molecule has 1 heterocycles. The van der Waals surface area contributed by atoms with Crippen LogP contribution >= 0.6 is 11.3 Å². The van der Waals surface area contributed by atoms with Crippen molar-refractivity contribution in [3.63, 3.8) is 0 Å². The Balaban J connectivity index is 2.24. The van der Waals surface area contributed by atoms with Crippen molar-refractivity contribution in [2.75, 3.05) is 0 Å². The molecule has 2 aromatic rings. The Morgan fingerprint density at radius 1 is 1.19 bits per heavy atom. The van der Waals surface area contributed by atoms with Crippen LogP contribution in [0.1, 0.15) is 41.3 Å². The van der Waals surface area contributed by atoms with Crippen LogP contribution in [0.3, 0.4) is 0 Å². The number of aliphatic hydroxyl groups excluding tert-OH is 1. The highest BCUT2D eigenvalue weighted by Gasteiger charge is 2.20. The molecular formula is C15H19NO3S2. The Bertz CT molecular complexity index is 720. The molecular weight excluding hydrogens is 306 g/mol. The summed E-state index contributed by atoms with van der Waals surface area (Å²) in [6.45, 7) is 5.42. The topological polar surface area (TPSA) is 66.4 Å². The third-order valence-corrected chi connectivity index (χ3v) is 5.89. The molecule has 0 aliphatic carbocycles. The van der Waals surface area contributed by atoms with Gasteiger partial charge in [0, 0.05) is 9.75 Å². The standard InChI is InChI=1S/C15H19NO3S2/c1-10-7-8-15(20-10)11(2)16-21(18,19)14-6-4-5-13(9-14)12(3)17/h4-9,11-12,16-17H,1-3H3. The van der Waals surface area contributed by atoms with Gasteiger partial charge in [0.2, 0.25) is 10.0 Å². The van der Waals surface area contributed by atoms with Crippen molar-refractivity contribution in [1.82, 2.24) is 4.72 Å². The zero-order valence-corrected chi connectivity index (χ0v) is 13.8. The normalized spacial score (nSPS) is 14.9. The highest BCUT2D eigenvalue weighted by atomic mass is 32.2. The van der Waals surface area contributed by atoms with Crippen LogP contribution in [0.4, 0.5) is 0 Å². The van der Waals surface area contributed by atoms with Crippen LogP contribution in [0.2, 0.25) is 0 Å². The van der Waals surface area contributed by atoms with Gasteiger partial charge >= 0.3 is 0 Å². The van der Waals surface area contributed by atoms with Crippen molar-refractivity contribution in [1.29, 1.82) is 0 Å². The van der Waals surface area contributed by atoms with Gasteiger partial charge in [0.15, 0.2) is 0 Å². The Labute approximate surface area is 129 Å². The van der Waals surface area contributed by atoms with E-state index in [2.05, 4.69) is 4.72 Å². The van der Waals surface area contributed by atoms with Gasteiger partial charge in [0.25, 0.3) is 0 Å². The average molecular weight is 325 g/mol. The fourth-order valence-electron chi connectivity index (χ4n) is 1.99. The molecule has 1 aromatic heterocycles. The summed E-state index contributed by atoms with van der Waals surface area (Å²) in [6.07, 6.45) is -0.697. The zero-order chi connectivity index (χ0) is 15.6. The number of thiophene rings is 1. The van der Waals surface area contributed by atoms with Crippen LogP contribution in [-0.2, 0) is 10.0 Å². The van der Waals surface area contributed by atoms with Gasteiger partial charge in [0.05, 0.1) is 17.0 Å². The van der Waals surface area contributed by atoms with Crippen molar-refractivity contribution in [3.05, 3.63) is 51.7 Å². The predicted molar refractivity (Wildman–Crippen MR) is 84.9 cm³/mol. The maximum atomic E-state index is 12.4. The highest BCUT2D eigenvalue weighted by Crippen LogP contribution is 2.24. The second kappa shape index (κ2) is 6.27. The average Bonchev–Trinajstić information content (AvgIpc) is 2.85. The molecule has 1 aromatic carbocycles. The van der Waals surface area contributed by atoms with Crippen molar-refractivity contribution in [2.24, 2.45) is 0 Å². The van der Waals surface area contributed by atoms with Gasteiger partial charge in [-0.25, -0.2) is 13.1 Å². The minimum atomic E-state index is -3.61. The van der Waals surface area contributed by atoms with Crippen LogP contribution in [0.25, 0.3) is 0 Å². The van der Waals surface area contributed by atoms with E-state index >= 15 is 0 Å². The molecule has 2 rings (SSSR count). The van der Waals surface area contributed by atoms with E-state index in [0.717, 1.165) is 9.75 Å². The van der Waals surface area contributed by atoms with E-state index in [-0.39, 0.29) is 10.9 Å². The maximum Gasteiger partial charge on any atom is 0.241 e. The summed E-state index contributed by atoms with van der Waals surface area (Å²) in [4.78, 5) is 2.29. The number of hydrogen-bond donors (Lipinski definition) is 2. The van der Waals surface area contributed by atoms with Crippen LogP contribution in [-0.4, -0.2) is 13.5 Å². The molecule has 0 radical (unpaired) electrons. The summed E-state index contributed by atoms with van der Waals surface area (Å²) in [5.41, 5.74) is 0.581. The number of sulfonamides is 1. The molecule has 0 aliphatic heterocycles. The Morgan fingerprint density at radius 2 is 1.90 bits per heavy atom. The van der Waals surface area contributed by atoms with E-state index < -0.39 is 16.1 Å². The smallest absolute Gasteiger partial charge is 0.241 e. The van der Waals surface area contributed by atoms with E-state index in [1.807, 2.05) is 26.0 Å². The van der Waals surface area contributed by atoms with Crippen molar-refractivity contribution in [3.8, 4) is 0 Å². The molecule has 0 fully saturated rings. The van der Waals surface area contributed by atoms with Gasteiger partial charge in [-0.1, -0.05) is 12.1 Å². The summed E-state index contributed by atoms with van der Waals surface area (Å²) in [7, 11) is -3.61. The highest BCUT2D eigenvalue weighted by molar-refractivity contribution is 7.89. The van der Waals surface area contributed by atoms with Gasteiger partial charge in [-0.15, -0.1) is 11.3 Å². The molecule has 21 heavy (non-hydrogen) atoms. The van der Waals surface area contributed by atoms with Gasteiger partial charge in [-0.3, -0.25) is 0 Å². The molecule has 2 atom stereocenters. The second-order valence-electron chi connectivity index (χ2n) is 5.04. The van der Waals surface area contributed by atoms with E-state index in [1.54, 1.807) is 30.4 Å². The SMILES string of the molecule is Cc1ccc(C(C)NS(=O)(=O)c2cccc(C(C)O)c2)s1. The lowest BCUT2D eigenvalue weighted by Gasteiger charge is -2.14. The lowest BCUT2D eigenvalue weighted by Crippen LogP contribution is -2.26. The van der Waals surface area contributed by atoms with E-state index in [4.69, 9.17) is 0 Å². The van der Waals surface area contributed by atoms with E-state index in [0.29, 0.717) is 5.56 Å². The number of benzene rings is 1. The Hall–Kier alpha value is -1.21. The van der Waals surface area contributed by atoms with E-state index in [1.165, 1.54) is 12.1 Å². The van der Waals surface area contributed by atoms with Crippen molar-refractivity contribution in [2.45, 2.75) is 37.8 Å². The first-order valence-electron chi connectivity index (χ1n) is 6.66. The molecule has 0 saturated heterocycles. The monoisotopic (exact) mass is 325 g/mol. The summed E-state index contributed by atoms with van der Waals surface area (Å²) in [6, 6.07) is 9.98. The Morgan fingerprint density at radius 3 is 2.48 bits per heavy atom. The maximum absolute atomic E-state index is 12.4. The minimum absolute atomic E-state index is 0.168. The molecule has 0 spiro atoms. The number of nitrogens with one attached hydrogen (secondary N) is 1. The second-order valence-corrected chi connectivity index (χ2v) is 8.07. The van der Waals surface area contributed by atoms with Gasteiger partial charge in [-0.2, -0.15) is 0 Å². The number of hydrogen-bond acceptors (Lipinski definition) is 4. The largest absolute Gasteiger partial charge is 0.389 e. The van der Waals surface area contributed by atoms with E-state index in [9.17, 15) is 13.5 Å². The molecule has 0 amide bonds. The van der Waals surface area contributed by atoms with Crippen molar-refractivity contribution >= 4 is 21.4 Å². The van der Waals surface area contributed by atoms with Crippen LogP contribution in [0, 0.1) is 6.92 Å². The van der Waals surface area contributed by atoms with Crippen LogP contribution in [0.15, 0.2) is 41.3 Å². The molecule has 2 N–H and O–H groups in total. The third kappa shape index (κ3) is 3.91. The number of aliphatic hydroxyl groups is 1. The number of aryl methyl sites for hydroxylation is 1. The zero-order valence-electron chi connectivity index (χ0n) is 12.2. The fraction of sp³-hybridized carbons (Fsp3) is 0.333. The fourth-order valence-corrected chi connectivity index (χ4v) is 4.22. The number of rotatable bonds is 5. The molecule has 6 heteroatoms. The predicted octanol–water partition coefficient (Wildman–Crippen LogP) is 3.15. The van der Waals surface area contributed by atoms with Crippen molar-refractivity contribution < 1.29 is 13.5 Å². The third-order valence-electron chi connectivity index (χ3n) is 3.17. The quantitative estimate of drug-likeness (QED) is 0.887. The molecule has 2 unspecified atom stereocenters. The lowest BCUT2D eigenvalue weighted by atomic mass is 10.1. The Kier molecular flexibility index (Phi) is 4.83. The van der Waals surface area contributed by atoms with Crippen LogP contribution in [0.5, 0.6) is 0 Å². The summed E-state index contributed by atoms with van der Waals surface area (Å²) in [5, 5.41) is 9.56. The van der Waals surface area contributed by atoms with Gasteiger partial charge < -0.3 is 5.11 Å². The minimum Gasteiger partial charge on any atom is -0.389 e. The summed E-state index contributed by atoms with van der Waals surface area (Å²) < 4.78 is 27.5. The molecule has 0 saturated carbocycles. The molecule has 0 aliphatic rings. The van der Waals surface area contributed by atoms with Crippen LogP contribution < -0.4 is 4.72 Å². The molecule has 4 nitrogen and oxygen atoms in total. The summed E-state index contributed by atoms with van der Waals surface area (Å²) >= 11 is 1.57. The summed E-state index contributed by atoms with van der Waals surface area (Å²) in [5.74, 6) is 0. The lowest BCUT2D eigenvalue weighted by molar-refractivity contribution is 0.199. The molecule has 114 valence electrons. The van der Waals surface area contributed by atoms with Gasteiger partial charge in [0.1, 0.15) is 0 Å². The van der Waals surface area contributed by atoms with Gasteiger partial charge in [-0.05, 0) is 50.6 Å².